The van der Waals surface area contributed by atoms with Crippen LogP contribution in [0.5, 0.6) is 0 Å². The van der Waals surface area contributed by atoms with Crippen LogP contribution in [0, 0.1) is 0 Å². The number of nitrogens with two attached hydrogens (primary N) is 1. The first-order valence-corrected chi connectivity index (χ1v) is 8.60. The molecule has 0 aliphatic rings. The van der Waals surface area contributed by atoms with Crippen molar-refractivity contribution in [3.05, 3.63) is 65.7 Å². The topological polar surface area (TPSA) is 110 Å². The highest BCUT2D eigenvalue weighted by molar-refractivity contribution is 5.93. The molecule has 0 saturated carbocycles. The van der Waals surface area contributed by atoms with Crippen LogP contribution in [0.1, 0.15) is 15.9 Å². The molecule has 1 heterocycles. The van der Waals surface area contributed by atoms with Crippen molar-refractivity contribution < 1.29 is 9.90 Å². The Labute approximate surface area is 157 Å². The van der Waals surface area contributed by atoms with Crippen LogP contribution in [0.25, 0.3) is 11.4 Å². The fourth-order valence-corrected chi connectivity index (χ4v) is 2.79. The third kappa shape index (κ3) is 5.19. The molecule has 3 rings (SSSR count). The van der Waals surface area contributed by atoms with E-state index in [9.17, 15) is 9.90 Å². The lowest BCUT2D eigenvalue weighted by molar-refractivity contribution is 0.0987. The summed E-state index contributed by atoms with van der Waals surface area (Å²) in [5, 5.41) is 22.6. The Morgan fingerprint density at radius 1 is 1.19 bits per heavy atom. The van der Waals surface area contributed by atoms with E-state index in [1.54, 1.807) is 24.3 Å². The molecule has 0 bridgehead atoms. The Morgan fingerprint density at radius 3 is 2.56 bits per heavy atom. The number of aromatic nitrogens is 4. The molecular weight excluding hydrogens is 344 g/mol. The molecule has 140 valence electrons. The van der Waals surface area contributed by atoms with Crippen molar-refractivity contribution in [3.63, 3.8) is 0 Å². The minimum Gasteiger partial charge on any atom is -0.390 e. The van der Waals surface area contributed by atoms with Crippen molar-refractivity contribution in [1.82, 2.24) is 25.1 Å². The highest BCUT2D eigenvalue weighted by Gasteiger charge is 2.13. The molecule has 0 fully saturated rings. The summed E-state index contributed by atoms with van der Waals surface area (Å²) in [5.41, 5.74) is 7.56. The second-order valence-corrected chi connectivity index (χ2v) is 6.45. The first kappa shape index (κ1) is 18.7. The first-order chi connectivity index (χ1) is 13.0. The zero-order chi connectivity index (χ0) is 19.2. The lowest BCUT2D eigenvalue weighted by atomic mass is 10.1. The van der Waals surface area contributed by atoms with Crippen LogP contribution in [-0.4, -0.2) is 55.8 Å². The van der Waals surface area contributed by atoms with Crippen molar-refractivity contribution in [2.24, 2.45) is 5.73 Å². The van der Waals surface area contributed by atoms with Crippen LogP contribution < -0.4 is 5.73 Å². The molecule has 0 spiro atoms. The minimum absolute atomic E-state index is 0.242. The van der Waals surface area contributed by atoms with Crippen LogP contribution in [0.4, 0.5) is 0 Å². The monoisotopic (exact) mass is 366 g/mol. The van der Waals surface area contributed by atoms with Crippen LogP contribution in [0.3, 0.4) is 0 Å². The number of aliphatic hydroxyl groups is 1. The van der Waals surface area contributed by atoms with Crippen molar-refractivity contribution in [3.8, 4) is 11.4 Å². The molecule has 0 aliphatic carbocycles. The second-order valence-electron chi connectivity index (χ2n) is 6.45. The SMILES string of the molecule is CN(Cc1ccccc1)CC(O)Cn1nnc(-c2ccc(C(N)=O)cc2)n1. The zero-order valence-electron chi connectivity index (χ0n) is 15.1. The van der Waals surface area contributed by atoms with E-state index < -0.39 is 12.0 Å². The molecule has 1 aromatic heterocycles. The smallest absolute Gasteiger partial charge is 0.248 e. The maximum atomic E-state index is 11.1. The summed E-state index contributed by atoms with van der Waals surface area (Å²) in [4.78, 5) is 14.5. The quantitative estimate of drug-likeness (QED) is 0.614. The normalized spacial score (nSPS) is 12.3. The predicted molar refractivity (Wildman–Crippen MR) is 101 cm³/mol. The molecule has 0 saturated heterocycles. The molecule has 8 heteroatoms. The van der Waals surface area contributed by atoms with E-state index in [4.69, 9.17) is 5.73 Å². The molecule has 8 nitrogen and oxygen atoms in total. The third-order valence-corrected chi connectivity index (χ3v) is 4.07. The highest BCUT2D eigenvalue weighted by atomic mass is 16.3. The molecule has 1 atom stereocenters. The van der Waals surface area contributed by atoms with Gasteiger partial charge in [-0.3, -0.25) is 9.69 Å². The maximum absolute atomic E-state index is 11.1. The van der Waals surface area contributed by atoms with Gasteiger partial charge in [-0.05, 0) is 30.0 Å². The van der Waals surface area contributed by atoms with Gasteiger partial charge in [0.05, 0.1) is 12.6 Å². The fourth-order valence-electron chi connectivity index (χ4n) is 2.79. The third-order valence-electron chi connectivity index (χ3n) is 4.07. The molecule has 0 aliphatic heterocycles. The van der Waals surface area contributed by atoms with E-state index in [1.807, 2.05) is 30.1 Å². The Kier molecular flexibility index (Phi) is 5.90. The molecule has 2 aromatic carbocycles. The van der Waals surface area contributed by atoms with Gasteiger partial charge in [0, 0.05) is 24.2 Å². The van der Waals surface area contributed by atoms with Gasteiger partial charge in [0.25, 0.3) is 0 Å². The van der Waals surface area contributed by atoms with Crippen LogP contribution in [0.2, 0.25) is 0 Å². The lowest BCUT2D eigenvalue weighted by Gasteiger charge is -2.20. The molecule has 3 aromatic rings. The first-order valence-electron chi connectivity index (χ1n) is 8.60. The largest absolute Gasteiger partial charge is 0.390 e. The average molecular weight is 366 g/mol. The fraction of sp³-hybridized carbons (Fsp3) is 0.263. The number of carbonyl (C=O) groups is 1. The number of likely N-dealkylation sites (N-methyl/N-ethyl adjacent to an activating group) is 1. The number of hydrogen-bond donors (Lipinski definition) is 2. The van der Waals surface area contributed by atoms with Gasteiger partial charge in [-0.1, -0.05) is 42.5 Å². The van der Waals surface area contributed by atoms with Gasteiger partial charge in [0.1, 0.15) is 0 Å². The molecule has 1 unspecified atom stereocenters. The van der Waals surface area contributed by atoms with Gasteiger partial charge in [0.15, 0.2) is 0 Å². The van der Waals surface area contributed by atoms with E-state index in [-0.39, 0.29) is 6.54 Å². The average Bonchev–Trinajstić information content (AvgIpc) is 3.10. The summed E-state index contributed by atoms with van der Waals surface area (Å²) in [7, 11) is 1.96. The summed E-state index contributed by atoms with van der Waals surface area (Å²) in [5.74, 6) is -0.0585. The van der Waals surface area contributed by atoms with Crippen molar-refractivity contribution >= 4 is 5.91 Å². The molecule has 27 heavy (non-hydrogen) atoms. The standard InChI is InChI=1S/C19H22N6O2/c1-24(11-14-5-3-2-4-6-14)12-17(26)13-25-22-19(21-23-25)16-9-7-15(8-10-16)18(20)27/h2-10,17,26H,11-13H2,1H3,(H2,20,27). The summed E-state index contributed by atoms with van der Waals surface area (Å²) >= 11 is 0. The van der Waals surface area contributed by atoms with E-state index in [2.05, 4.69) is 27.5 Å². The van der Waals surface area contributed by atoms with Gasteiger partial charge >= 0.3 is 0 Å². The van der Waals surface area contributed by atoms with Crippen molar-refractivity contribution in [2.75, 3.05) is 13.6 Å². The van der Waals surface area contributed by atoms with Crippen molar-refractivity contribution in [2.45, 2.75) is 19.2 Å². The zero-order valence-corrected chi connectivity index (χ0v) is 15.1. The van der Waals surface area contributed by atoms with E-state index >= 15 is 0 Å². The number of hydrogen-bond acceptors (Lipinski definition) is 6. The van der Waals surface area contributed by atoms with E-state index in [0.717, 1.165) is 12.1 Å². The summed E-state index contributed by atoms with van der Waals surface area (Å²) in [6.07, 6.45) is -0.627. The van der Waals surface area contributed by atoms with Crippen LogP contribution >= 0.6 is 0 Å². The van der Waals surface area contributed by atoms with Gasteiger partial charge in [0.2, 0.25) is 11.7 Å². The number of aliphatic hydroxyl groups excluding tert-OH is 1. The van der Waals surface area contributed by atoms with E-state index in [1.165, 1.54) is 10.4 Å². The number of primary amides is 1. The van der Waals surface area contributed by atoms with Gasteiger partial charge in [-0.15, -0.1) is 10.2 Å². The van der Waals surface area contributed by atoms with Crippen LogP contribution in [0.15, 0.2) is 54.6 Å². The number of nitrogens with zero attached hydrogens (tertiary/aromatic N) is 5. The Hall–Kier alpha value is -3.10. The molecule has 1 amide bonds. The predicted octanol–water partition coefficient (Wildman–Crippen LogP) is 0.932. The van der Waals surface area contributed by atoms with Gasteiger partial charge in [-0.2, -0.15) is 4.80 Å². The second kappa shape index (κ2) is 8.52. The molecule has 0 radical (unpaired) electrons. The molecule has 3 N–H and O–H groups in total. The summed E-state index contributed by atoms with van der Waals surface area (Å²) in [6.45, 7) is 1.48. The van der Waals surface area contributed by atoms with Gasteiger partial charge < -0.3 is 10.8 Å². The summed E-state index contributed by atoms with van der Waals surface area (Å²) < 4.78 is 0. The number of rotatable bonds is 8. The Bertz CT molecular complexity index is 879. The maximum Gasteiger partial charge on any atom is 0.248 e. The lowest BCUT2D eigenvalue weighted by Crippen LogP contribution is -2.32. The number of carbonyl (C=O) groups excluding carboxylic acids is 1. The van der Waals surface area contributed by atoms with Crippen molar-refractivity contribution in [1.29, 1.82) is 0 Å². The number of amides is 1. The summed E-state index contributed by atoms with van der Waals surface area (Å²) in [6, 6.07) is 16.7. The minimum atomic E-state index is -0.627. The molecular formula is C19H22N6O2. The van der Waals surface area contributed by atoms with Gasteiger partial charge in [-0.25, -0.2) is 0 Å². The number of tetrazole rings is 1. The van der Waals surface area contributed by atoms with E-state index in [0.29, 0.717) is 17.9 Å². The highest BCUT2D eigenvalue weighted by Crippen LogP contribution is 2.14. The number of benzene rings is 2. The Morgan fingerprint density at radius 2 is 1.89 bits per heavy atom. The Balaban J connectivity index is 1.55. The van der Waals surface area contributed by atoms with Crippen LogP contribution in [-0.2, 0) is 13.1 Å².